The lowest BCUT2D eigenvalue weighted by molar-refractivity contribution is 0.0696. The molecular weight excluding hydrogens is 374 g/mol. The number of carboxylic acids is 1. The van der Waals surface area contributed by atoms with E-state index >= 15 is 0 Å². The van der Waals surface area contributed by atoms with Gasteiger partial charge in [-0.1, -0.05) is 62.1 Å². The van der Waals surface area contributed by atoms with Crippen LogP contribution < -0.4 is 25.7 Å². The van der Waals surface area contributed by atoms with Crippen molar-refractivity contribution in [2.24, 2.45) is 0 Å². The topological polar surface area (TPSA) is 40.5 Å². The monoisotopic (exact) mass is 399 g/mol. The fourth-order valence-electron chi connectivity index (χ4n) is 4.34. The lowest BCUT2D eigenvalue weighted by atomic mass is 9.91. The first-order valence-corrected chi connectivity index (χ1v) is 12.7. The van der Waals surface area contributed by atoms with E-state index < -0.39 is 14.0 Å². The fraction of sp³-hybridized carbons (Fsp3) is 0.160. The van der Waals surface area contributed by atoms with Gasteiger partial charge in [0.25, 0.3) is 0 Å². The van der Waals surface area contributed by atoms with E-state index in [0.29, 0.717) is 5.56 Å². The molecule has 0 atom stereocenters. The molecule has 0 bridgehead atoms. The molecule has 146 valence electrons. The van der Waals surface area contributed by atoms with Gasteiger partial charge in [0.05, 0.1) is 5.56 Å². The lowest BCUT2D eigenvalue weighted by Gasteiger charge is -2.34. The molecule has 3 aromatic carbocycles. The van der Waals surface area contributed by atoms with E-state index in [1.165, 1.54) is 10.4 Å². The quantitative estimate of drug-likeness (QED) is 0.687. The zero-order chi connectivity index (χ0) is 20.9. The second kappa shape index (κ2) is 6.74. The van der Waals surface area contributed by atoms with Crippen molar-refractivity contribution < 1.29 is 9.90 Å². The Kier molecular flexibility index (Phi) is 4.47. The van der Waals surface area contributed by atoms with Crippen molar-refractivity contribution in [1.82, 2.24) is 0 Å². The van der Waals surface area contributed by atoms with Crippen LogP contribution in [-0.4, -0.2) is 33.2 Å². The van der Waals surface area contributed by atoms with Crippen LogP contribution in [0, 0.1) is 0 Å². The summed E-state index contributed by atoms with van der Waals surface area (Å²) < 4.78 is 0. The second-order valence-electron chi connectivity index (χ2n) is 8.35. The molecule has 0 saturated heterocycles. The highest BCUT2D eigenvalue weighted by molar-refractivity contribution is 7.01. The van der Waals surface area contributed by atoms with Crippen LogP contribution in [0.25, 0.3) is 12.2 Å². The van der Waals surface area contributed by atoms with Crippen molar-refractivity contribution in [1.29, 1.82) is 0 Å². The second-order valence-corrected chi connectivity index (χ2v) is 12.7. The number of rotatable bonds is 3. The number of hydrogen-bond acceptors (Lipinski definition) is 2. The van der Waals surface area contributed by atoms with E-state index in [1.807, 2.05) is 32.3 Å². The predicted molar refractivity (Wildman–Crippen MR) is 124 cm³/mol. The molecule has 3 nitrogen and oxygen atoms in total. The summed E-state index contributed by atoms with van der Waals surface area (Å²) in [5, 5.41) is 14.6. The van der Waals surface area contributed by atoms with E-state index in [2.05, 4.69) is 54.9 Å². The summed E-state index contributed by atoms with van der Waals surface area (Å²) in [6.45, 7) is 8.88. The molecule has 4 heteroatoms. The number of anilines is 1. The van der Waals surface area contributed by atoms with Gasteiger partial charge in [-0.25, -0.2) is 4.79 Å². The molecule has 0 amide bonds. The highest BCUT2D eigenvalue weighted by Gasteiger charge is 2.35. The van der Waals surface area contributed by atoms with Crippen LogP contribution >= 0.6 is 0 Å². The normalized spacial score (nSPS) is 14.1. The van der Waals surface area contributed by atoms with E-state index in [9.17, 15) is 9.90 Å². The first-order chi connectivity index (χ1) is 13.7. The number of fused-ring (bicyclic) bond motifs is 2. The third kappa shape index (κ3) is 3.00. The molecule has 1 heterocycles. The molecule has 0 aliphatic carbocycles. The van der Waals surface area contributed by atoms with Crippen molar-refractivity contribution in [3.8, 4) is 0 Å². The van der Waals surface area contributed by atoms with Gasteiger partial charge in [-0.3, -0.25) is 0 Å². The number of aromatic carboxylic acids is 1. The van der Waals surface area contributed by atoms with Crippen molar-refractivity contribution in [2.45, 2.75) is 13.1 Å². The number of carboxylic acid groups (broad SMARTS) is 1. The van der Waals surface area contributed by atoms with E-state index in [1.54, 1.807) is 12.1 Å². The Labute approximate surface area is 172 Å². The molecule has 0 unspecified atom stereocenters. The maximum atomic E-state index is 12.0. The first kappa shape index (κ1) is 19.2. The van der Waals surface area contributed by atoms with Gasteiger partial charge in [0.2, 0.25) is 0 Å². The molecule has 1 N–H and O–H groups in total. The van der Waals surface area contributed by atoms with E-state index in [0.717, 1.165) is 32.8 Å². The summed E-state index contributed by atoms with van der Waals surface area (Å²) in [5.74, 6) is -0.906. The smallest absolute Gasteiger partial charge is 0.336 e. The number of carbonyl (C=O) groups is 1. The highest BCUT2D eigenvalue weighted by Crippen LogP contribution is 2.28. The predicted octanol–water partition coefficient (Wildman–Crippen LogP) is 2.24. The Morgan fingerprint density at radius 2 is 1.66 bits per heavy atom. The van der Waals surface area contributed by atoms with Gasteiger partial charge < -0.3 is 10.0 Å². The van der Waals surface area contributed by atoms with E-state index in [4.69, 9.17) is 0 Å². The summed E-state index contributed by atoms with van der Waals surface area (Å²) in [6, 6.07) is 20.2. The minimum Gasteiger partial charge on any atom is -0.478 e. The number of benzene rings is 3. The van der Waals surface area contributed by atoms with Gasteiger partial charge in [0.1, 0.15) is 8.07 Å². The van der Waals surface area contributed by atoms with Gasteiger partial charge in [0.15, 0.2) is 0 Å². The summed E-state index contributed by atoms with van der Waals surface area (Å²) in [5.41, 5.74) is 4.40. The van der Waals surface area contributed by atoms with Crippen LogP contribution in [0.3, 0.4) is 0 Å². The van der Waals surface area contributed by atoms with Gasteiger partial charge in [-0.15, -0.1) is 0 Å². The van der Waals surface area contributed by atoms with Gasteiger partial charge in [-0.2, -0.15) is 0 Å². The maximum absolute atomic E-state index is 12.0. The third-order valence-corrected chi connectivity index (χ3v) is 9.44. The number of nitrogens with zero attached hydrogens (tertiary/aromatic N) is 1. The minimum absolute atomic E-state index is 0.330. The first-order valence-electron chi connectivity index (χ1n) is 9.70. The zero-order valence-corrected chi connectivity index (χ0v) is 18.3. The molecular formula is C25H25NO2Si. The molecule has 0 saturated carbocycles. The Morgan fingerprint density at radius 3 is 2.34 bits per heavy atom. The largest absolute Gasteiger partial charge is 0.478 e. The summed E-state index contributed by atoms with van der Waals surface area (Å²) in [4.78, 5) is 14.1. The van der Waals surface area contributed by atoms with Crippen LogP contribution in [0.1, 0.15) is 21.5 Å². The summed E-state index contributed by atoms with van der Waals surface area (Å²) in [6.07, 6.45) is 0. The molecule has 1 aliphatic rings. The van der Waals surface area contributed by atoms with Crippen LogP contribution in [-0.2, 0) is 0 Å². The van der Waals surface area contributed by atoms with Crippen molar-refractivity contribution in [2.75, 3.05) is 19.0 Å². The van der Waals surface area contributed by atoms with Crippen LogP contribution in [0.15, 0.2) is 60.7 Å². The molecule has 0 spiro atoms. The SMILES string of the molecule is C=c1ccc2c(c1)[Si](C)(C)c1cc(N(C)C)ccc1C=2c1ccccc1C(=O)O. The summed E-state index contributed by atoms with van der Waals surface area (Å²) in [7, 11) is 2.10. The Morgan fingerprint density at radius 1 is 0.931 bits per heavy atom. The highest BCUT2D eigenvalue weighted by atomic mass is 28.3. The molecule has 0 fully saturated rings. The average molecular weight is 400 g/mol. The van der Waals surface area contributed by atoms with E-state index in [-0.39, 0.29) is 0 Å². The Balaban J connectivity index is 2.20. The standard InChI is InChI=1S/C25H25NO2Si/c1-16-10-12-20-22(14-16)29(4,5)23-15-17(26(2)3)11-13-21(23)24(20)18-8-6-7-9-19(18)25(27)28/h6-15H,1H2,2-5H3,(H,27,28). The van der Waals surface area contributed by atoms with Crippen molar-refractivity contribution >= 4 is 42.3 Å². The van der Waals surface area contributed by atoms with Crippen LogP contribution in [0.4, 0.5) is 5.69 Å². The number of hydrogen-bond donors (Lipinski definition) is 1. The molecule has 0 radical (unpaired) electrons. The van der Waals surface area contributed by atoms with Crippen LogP contribution in [0.2, 0.25) is 13.1 Å². The minimum atomic E-state index is -1.99. The Bertz CT molecular complexity index is 1260. The zero-order valence-electron chi connectivity index (χ0n) is 17.3. The Hall–Kier alpha value is -3.11. The van der Waals surface area contributed by atoms with Crippen molar-refractivity contribution in [3.05, 3.63) is 87.8 Å². The van der Waals surface area contributed by atoms with Gasteiger partial charge in [0, 0.05) is 19.8 Å². The summed E-state index contributed by atoms with van der Waals surface area (Å²) >= 11 is 0. The van der Waals surface area contributed by atoms with Gasteiger partial charge >= 0.3 is 5.97 Å². The van der Waals surface area contributed by atoms with Crippen molar-refractivity contribution in [3.63, 3.8) is 0 Å². The molecule has 4 rings (SSSR count). The maximum Gasteiger partial charge on any atom is 0.336 e. The average Bonchev–Trinajstić information content (AvgIpc) is 2.68. The molecule has 1 aliphatic heterocycles. The molecule has 29 heavy (non-hydrogen) atoms. The molecule has 0 aromatic heterocycles. The van der Waals surface area contributed by atoms with Gasteiger partial charge in [-0.05, 0) is 55.7 Å². The fourth-order valence-corrected chi connectivity index (χ4v) is 7.45. The van der Waals surface area contributed by atoms with Crippen LogP contribution in [0.5, 0.6) is 0 Å². The lowest BCUT2D eigenvalue weighted by Crippen LogP contribution is -2.63. The molecule has 3 aromatic rings. The third-order valence-electron chi connectivity index (χ3n) is 5.92.